The van der Waals surface area contributed by atoms with Gasteiger partial charge in [-0.2, -0.15) is 0 Å². The van der Waals surface area contributed by atoms with Crippen LogP contribution in [0.25, 0.3) is 11.1 Å². The average molecular weight is 333 g/mol. The molecule has 130 valence electrons. The number of nitrogens with zero attached hydrogens (tertiary/aromatic N) is 1. The van der Waals surface area contributed by atoms with Gasteiger partial charge >= 0.3 is 0 Å². The van der Waals surface area contributed by atoms with E-state index in [0.717, 1.165) is 16.8 Å². The number of rotatable bonds is 6. The summed E-state index contributed by atoms with van der Waals surface area (Å²) in [5.74, 6) is 1.69. The van der Waals surface area contributed by atoms with Crippen molar-refractivity contribution in [1.29, 1.82) is 0 Å². The van der Waals surface area contributed by atoms with E-state index in [9.17, 15) is 0 Å². The molecule has 0 amide bonds. The number of aliphatic imine (C=N–C) groups is 1. The molecule has 1 aliphatic rings. The van der Waals surface area contributed by atoms with Crippen LogP contribution < -0.4 is 11.5 Å². The number of benzene rings is 2. The predicted octanol–water partition coefficient (Wildman–Crippen LogP) is 4.67. The lowest BCUT2D eigenvalue weighted by molar-refractivity contribution is 0.682. The minimum absolute atomic E-state index is 0.357. The molecule has 0 spiro atoms. The van der Waals surface area contributed by atoms with Crippen molar-refractivity contribution in [2.24, 2.45) is 16.6 Å². The molecular formula is C22H27N3. The van der Waals surface area contributed by atoms with Crippen molar-refractivity contribution in [3.63, 3.8) is 0 Å². The Morgan fingerprint density at radius 1 is 1.20 bits per heavy atom. The number of nitrogen functional groups attached to an aromatic ring is 1. The first kappa shape index (κ1) is 17.3. The summed E-state index contributed by atoms with van der Waals surface area (Å²) in [6.07, 6.45) is 3.19. The Morgan fingerprint density at radius 3 is 2.56 bits per heavy atom. The highest BCUT2D eigenvalue weighted by molar-refractivity contribution is 5.82. The maximum Gasteiger partial charge on any atom is 0.0974 e. The van der Waals surface area contributed by atoms with E-state index >= 15 is 0 Å². The fourth-order valence-corrected chi connectivity index (χ4v) is 3.46. The Balaban J connectivity index is 1.93. The minimum atomic E-state index is 0.357. The summed E-state index contributed by atoms with van der Waals surface area (Å²) >= 11 is 0. The van der Waals surface area contributed by atoms with Gasteiger partial charge in [0.2, 0.25) is 0 Å². The normalized spacial score (nSPS) is 15.8. The van der Waals surface area contributed by atoms with Crippen LogP contribution in [0, 0.1) is 12.8 Å². The van der Waals surface area contributed by atoms with Gasteiger partial charge in [0, 0.05) is 25.1 Å². The molecule has 4 N–H and O–H groups in total. The molecule has 1 fully saturated rings. The van der Waals surface area contributed by atoms with Crippen molar-refractivity contribution in [2.75, 3.05) is 12.8 Å². The van der Waals surface area contributed by atoms with Crippen molar-refractivity contribution >= 4 is 11.5 Å². The Labute approximate surface area is 150 Å². The fourth-order valence-electron chi connectivity index (χ4n) is 3.46. The standard InChI is InChI=1S/C22H27N3/c1-14-11-18(9-10-20(14)23)17-5-4-6-19(13-17)22(16-7-8-16)15(2)12-21(24)25-3/h4-6,9-11,13,16,22H,2,7-8,12,23H2,1,3H3,(H2,24,25). The van der Waals surface area contributed by atoms with E-state index in [1.165, 1.54) is 29.5 Å². The molecule has 0 saturated heterocycles. The first-order chi connectivity index (χ1) is 12.0. The maximum absolute atomic E-state index is 5.96. The number of aryl methyl sites for hydroxylation is 1. The highest BCUT2D eigenvalue weighted by Crippen LogP contribution is 2.47. The molecule has 2 aromatic carbocycles. The number of nitrogens with two attached hydrogens (primary N) is 2. The zero-order valence-electron chi connectivity index (χ0n) is 15.1. The summed E-state index contributed by atoms with van der Waals surface area (Å²) in [5.41, 5.74) is 18.7. The Bertz CT molecular complexity index is 816. The third kappa shape index (κ3) is 3.93. The van der Waals surface area contributed by atoms with Crippen LogP contribution in [0.15, 0.2) is 59.6 Å². The lowest BCUT2D eigenvalue weighted by atomic mass is 9.84. The van der Waals surface area contributed by atoms with E-state index < -0.39 is 0 Å². The quantitative estimate of drug-likeness (QED) is 0.349. The molecule has 2 aromatic rings. The van der Waals surface area contributed by atoms with Gasteiger partial charge in [-0.05, 0) is 60.1 Å². The van der Waals surface area contributed by atoms with Crippen molar-refractivity contribution in [1.82, 2.24) is 0 Å². The number of hydrogen-bond acceptors (Lipinski definition) is 2. The summed E-state index contributed by atoms with van der Waals surface area (Å²) in [4.78, 5) is 4.09. The topological polar surface area (TPSA) is 64.4 Å². The van der Waals surface area contributed by atoms with Crippen LogP contribution in [0.3, 0.4) is 0 Å². The van der Waals surface area contributed by atoms with Crippen LogP contribution >= 0.6 is 0 Å². The van der Waals surface area contributed by atoms with Crippen LogP contribution in [-0.2, 0) is 0 Å². The molecule has 25 heavy (non-hydrogen) atoms. The molecular weight excluding hydrogens is 306 g/mol. The smallest absolute Gasteiger partial charge is 0.0974 e. The van der Waals surface area contributed by atoms with Gasteiger partial charge < -0.3 is 11.5 Å². The molecule has 1 saturated carbocycles. The molecule has 0 bridgehead atoms. The molecule has 3 rings (SSSR count). The third-order valence-electron chi connectivity index (χ3n) is 5.08. The van der Waals surface area contributed by atoms with Crippen LogP contribution in [0.1, 0.15) is 36.3 Å². The molecule has 0 heterocycles. The minimum Gasteiger partial charge on any atom is -0.399 e. The second-order valence-electron chi connectivity index (χ2n) is 7.06. The maximum atomic E-state index is 5.96. The summed E-state index contributed by atoms with van der Waals surface area (Å²) < 4.78 is 0. The predicted molar refractivity (Wildman–Crippen MR) is 108 cm³/mol. The Morgan fingerprint density at radius 2 is 1.92 bits per heavy atom. The lowest BCUT2D eigenvalue weighted by Crippen LogP contribution is -2.15. The molecule has 1 unspecified atom stereocenters. The zero-order chi connectivity index (χ0) is 18.0. The van der Waals surface area contributed by atoms with Crippen molar-refractivity contribution < 1.29 is 0 Å². The second-order valence-corrected chi connectivity index (χ2v) is 7.06. The van der Waals surface area contributed by atoms with Crippen LogP contribution in [0.4, 0.5) is 5.69 Å². The largest absolute Gasteiger partial charge is 0.399 e. The van der Waals surface area contributed by atoms with Gasteiger partial charge in [0.25, 0.3) is 0 Å². The third-order valence-corrected chi connectivity index (χ3v) is 5.08. The summed E-state index contributed by atoms with van der Waals surface area (Å²) in [6.45, 7) is 6.38. The van der Waals surface area contributed by atoms with Crippen molar-refractivity contribution in [3.05, 3.63) is 65.7 Å². The van der Waals surface area contributed by atoms with Gasteiger partial charge in [-0.15, -0.1) is 0 Å². The van der Waals surface area contributed by atoms with Gasteiger partial charge in [0.05, 0.1) is 5.84 Å². The SMILES string of the molecule is C=C(CC(N)=NC)C(c1cccc(-c2ccc(N)c(C)c2)c1)C1CC1. The van der Waals surface area contributed by atoms with Gasteiger partial charge in [0.1, 0.15) is 0 Å². The first-order valence-corrected chi connectivity index (χ1v) is 8.85. The van der Waals surface area contributed by atoms with Crippen molar-refractivity contribution in [2.45, 2.75) is 32.1 Å². The van der Waals surface area contributed by atoms with Gasteiger partial charge in [0.15, 0.2) is 0 Å². The van der Waals surface area contributed by atoms with Crippen LogP contribution in [-0.4, -0.2) is 12.9 Å². The summed E-state index contributed by atoms with van der Waals surface area (Å²) in [6, 6.07) is 15.0. The number of anilines is 1. The van der Waals surface area contributed by atoms with Gasteiger partial charge in [-0.3, -0.25) is 4.99 Å². The van der Waals surface area contributed by atoms with E-state index in [4.69, 9.17) is 11.5 Å². The molecule has 0 radical (unpaired) electrons. The molecule has 3 heteroatoms. The molecule has 3 nitrogen and oxygen atoms in total. The first-order valence-electron chi connectivity index (χ1n) is 8.85. The van der Waals surface area contributed by atoms with Crippen molar-refractivity contribution in [3.8, 4) is 11.1 Å². The lowest BCUT2D eigenvalue weighted by Gasteiger charge is -2.21. The molecule has 1 aliphatic carbocycles. The second kappa shape index (κ2) is 7.14. The average Bonchev–Trinajstić information content (AvgIpc) is 3.42. The van der Waals surface area contributed by atoms with E-state index in [1.807, 2.05) is 13.0 Å². The van der Waals surface area contributed by atoms with E-state index in [2.05, 4.69) is 48.0 Å². The van der Waals surface area contributed by atoms with E-state index in [0.29, 0.717) is 24.1 Å². The van der Waals surface area contributed by atoms with Crippen LogP contribution in [0.2, 0.25) is 0 Å². The highest BCUT2D eigenvalue weighted by atomic mass is 14.8. The Kier molecular flexibility index (Phi) is 4.93. The van der Waals surface area contributed by atoms with E-state index in [1.54, 1.807) is 7.05 Å². The van der Waals surface area contributed by atoms with Gasteiger partial charge in [-0.1, -0.05) is 42.5 Å². The molecule has 0 aromatic heterocycles. The van der Waals surface area contributed by atoms with E-state index in [-0.39, 0.29) is 0 Å². The fraction of sp³-hybridized carbons (Fsp3) is 0.318. The molecule has 1 atom stereocenters. The Hall–Kier alpha value is -2.55. The summed E-state index contributed by atoms with van der Waals surface area (Å²) in [5, 5.41) is 0. The van der Waals surface area contributed by atoms with Crippen LogP contribution in [0.5, 0.6) is 0 Å². The zero-order valence-corrected chi connectivity index (χ0v) is 15.1. The van der Waals surface area contributed by atoms with Gasteiger partial charge in [-0.25, -0.2) is 0 Å². The number of hydrogen-bond donors (Lipinski definition) is 2. The number of amidine groups is 1. The highest BCUT2D eigenvalue weighted by Gasteiger charge is 2.34. The summed E-state index contributed by atoms with van der Waals surface area (Å²) in [7, 11) is 1.73. The monoisotopic (exact) mass is 333 g/mol. The molecule has 0 aliphatic heterocycles.